The molecule has 0 bridgehead atoms. The number of ether oxygens (including phenoxy) is 2. The van der Waals surface area contributed by atoms with E-state index in [1.165, 1.54) is 0 Å². The van der Waals surface area contributed by atoms with Crippen LogP contribution in [0.2, 0.25) is 0 Å². The molecule has 0 saturated carbocycles. The molecule has 5 nitrogen and oxygen atoms in total. The van der Waals surface area contributed by atoms with E-state index in [-0.39, 0.29) is 0 Å². The number of rotatable bonds is 4. The highest BCUT2D eigenvalue weighted by Crippen LogP contribution is 2.33. The van der Waals surface area contributed by atoms with Gasteiger partial charge < -0.3 is 19.8 Å². The summed E-state index contributed by atoms with van der Waals surface area (Å²) in [6, 6.07) is 4.36. The quantitative estimate of drug-likeness (QED) is 0.898. The summed E-state index contributed by atoms with van der Waals surface area (Å²) in [4.78, 5) is 8.01. The molecule has 1 atom stereocenters. The number of aromatic nitrogens is 2. The molecule has 0 amide bonds. The Hall–Kier alpha value is -1.75. The van der Waals surface area contributed by atoms with Crippen molar-refractivity contribution in [1.82, 2.24) is 15.3 Å². The van der Waals surface area contributed by atoms with Crippen molar-refractivity contribution in [3.05, 3.63) is 18.0 Å². The van der Waals surface area contributed by atoms with Crippen LogP contribution in [0.4, 0.5) is 0 Å². The van der Waals surface area contributed by atoms with Gasteiger partial charge in [-0.05, 0) is 13.5 Å². The highest BCUT2D eigenvalue weighted by molar-refractivity contribution is 5.79. The van der Waals surface area contributed by atoms with Gasteiger partial charge in [0, 0.05) is 31.0 Å². The molecule has 2 heterocycles. The van der Waals surface area contributed by atoms with E-state index in [4.69, 9.17) is 9.47 Å². The maximum absolute atomic E-state index is 5.70. The number of hydrogen-bond acceptors (Lipinski definition) is 4. The Morgan fingerprint density at radius 1 is 1.30 bits per heavy atom. The summed E-state index contributed by atoms with van der Waals surface area (Å²) in [6.45, 7) is 6.65. The molecule has 2 N–H and O–H groups in total. The first-order chi connectivity index (χ1) is 9.76. The molecule has 5 heteroatoms. The number of likely N-dealkylation sites (N-methyl/N-ethyl adjacent to an activating group) is 1. The zero-order valence-electron chi connectivity index (χ0n) is 12.0. The first-order valence-corrected chi connectivity index (χ1v) is 7.28. The lowest BCUT2D eigenvalue weighted by atomic mass is 10.2. The molecule has 1 aliphatic heterocycles. The second-order valence-corrected chi connectivity index (χ2v) is 5.21. The zero-order valence-corrected chi connectivity index (χ0v) is 12.0. The summed E-state index contributed by atoms with van der Waals surface area (Å²) in [7, 11) is 0. The van der Waals surface area contributed by atoms with E-state index < -0.39 is 0 Å². The van der Waals surface area contributed by atoms with Gasteiger partial charge in [0.25, 0.3) is 0 Å². The average molecular weight is 275 g/mol. The topological polar surface area (TPSA) is 59.2 Å². The van der Waals surface area contributed by atoms with Crippen LogP contribution >= 0.6 is 0 Å². The SMILES string of the molecule is CCNC(C)Cc1nc2cc3c(cc2[nH]1)OCCCO3. The van der Waals surface area contributed by atoms with Crippen LogP contribution in [0, 0.1) is 0 Å². The highest BCUT2D eigenvalue weighted by Gasteiger charge is 2.14. The maximum Gasteiger partial charge on any atom is 0.163 e. The van der Waals surface area contributed by atoms with Gasteiger partial charge in [0.05, 0.1) is 24.2 Å². The van der Waals surface area contributed by atoms with E-state index in [0.717, 1.165) is 47.7 Å². The lowest BCUT2D eigenvalue weighted by Crippen LogP contribution is -2.27. The molecular weight excluding hydrogens is 254 g/mol. The van der Waals surface area contributed by atoms with Crippen LogP contribution in [0.1, 0.15) is 26.1 Å². The van der Waals surface area contributed by atoms with Crippen molar-refractivity contribution in [1.29, 1.82) is 0 Å². The van der Waals surface area contributed by atoms with Crippen LogP contribution < -0.4 is 14.8 Å². The molecule has 0 radical (unpaired) electrons. The number of H-pyrrole nitrogens is 1. The van der Waals surface area contributed by atoms with Crippen LogP contribution in [-0.4, -0.2) is 35.8 Å². The average Bonchev–Trinajstić information content (AvgIpc) is 2.64. The van der Waals surface area contributed by atoms with E-state index in [9.17, 15) is 0 Å². The molecule has 1 unspecified atom stereocenters. The summed E-state index contributed by atoms with van der Waals surface area (Å²) in [5.74, 6) is 2.60. The van der Waals surface area contributed by atoms with E-state index in [2.05, 4.69) is 29.1 Å². The standard InChI is InChI=1S/C15H21N3O2/c1-3-16-10(2)7-15-17-11-8-13-14(9-12(11)18-15)20-6-4-5-19-13/h8-10,16H,3-7H2,1-2H3,(H,17,18). The molecule has 1 aromatic carbocycles. The fourth-order valence-electron chi connectivity index (χ4n) is 2.53. The summed E-state index contributed by atoms with van der Waals surface area (Å²) in [5.41, 5.74) is 1.95. The number of nitrogens with zero attached hydrogens (tertiary/aromatic N) is 1. The van der Waals surface area contributed by atoms with Crippen molar-refractivity contribution in [3.63, 3.8) is 0 Å². The molecule has 0 fully saturated rings. The van der Waals surface area contributed by atoms with Gasteiger partial charge in [-0.15, -0.1) is 0 Å². The number of aromatic amines is 1. The predicted octanol–water partition coefficient (Wildman–Crippen LogP) is 2.26. The van der Waals surface area contributed by atoms with Crippen LogP contribution in [0.25, 0.3) is 11.0 Å². The Labute approximate surface area is 118 Å². The molecule has 108 valence electrons. The molecule has 0 saturated heterocycles. The van der Waals surface area contributed by atoms with Crippen molar-refractivity contribution in [2.24, 2.45) is 0 Å². The van der Waals surface area contributed by atoms with Gasteiger partial charge in [-0.1, -0.05) is 6.92 Å². The second kappa shape index (κ2) is 5.71. The smallest absolute Gasteiger partial charge is 0.163 e. The number of hydrogen-bond donors (Lipinski definition) is 2. The van der Waals surface area contributed by atoms with Gasteiger partial charge in [0.15, 0.2) is 11.5 Å². The third-order valence-corrected chi connectivity index (χ3v) is 3.45. The van der Waals surface area contributed by atoms with Crippen molar-refractivity contribution in [2.45, 2.75) is 32.7 Å². The van der Waals surface area contributed by atoms with Gasteiger partial charge >= 0.3 is 0 Å². The number of benzene rings is 1. The molecule has 0 aliphatic carbocycles. The molecule has 1 aliphatic rings. The molecular formula is C15H21N3O2. The molecule has 0 spiro atoms. The summed E-state index contributed by atoms with van der Waals surface area (Å²) >= 11 is 0. The van der Waals surface area contributed by atoms with Gasteiger partial charge in [-0.3, -0.25) is 0 Å². The third-order valence-electron chi connectivity index (χ3n) is 3.45. The van der Waals surface area contributed by atoms with Crippen LogP contribution in [-0.2, 0) is 6.42 Å². The molecule has 3 rings (SSSR count). The number of nitrogens with one attached hydrogen (secondary N) is 2. The van der Waals surface area contributed by atoms with Gasteiger partial charge in [0.2, 0.25) is 0 Å². The third kappa shape index (κ3) is 2.72. The van der Waals surface area contributed by atoms with Crippen LogP contribution in [0.15, 0.2) is 12.1 Å². The Balaban J connectivity index is 1.87. The minimum Gasteiger partial charge on any atom is -0.489 e. The zero-order chi connectivity index (χ0) is 13.9. The summed E-state index contributed by atoms with van der Waals surface area (Å²) in [5, 5.41) is 3.39. The fourth-order valence-corrected chi connectivity index (χ4v) is 2.53. The minimum absolute atomic E-state index is 0.408. The predicted molar refractivity (Wildman–Crippen MR) is 78.5 cm³/mol. The molecule has 20 heavy (non-hydrogen) atoms. The van der Waals surface area contributed by atoms with Crippen molar-refractivity contribution >= 4 is 11.0 Å². The van der Waals surface area contributed by atoms with E-state index >= 15 is 0 Å². The lowest BCUT2D eigenvalue weighted by molar-refractivity contribution is 0.297. The van der Waals surface area contributed by atoms with Gasteiger partial charge in [0.1, 0.15) is 5.82 Å². The van der Waals surface area contributed by atoms with Crippen molar-refractivity contribution in [3.8, 4) is 11.5 Å². The largest absolute Gasteiger partial charge is 0.489 e. The first kappa shape index (κ1) is 13.2. The normalized spacial score (nSPS) is 16.1. The van der Waals surface area contributed by atoms with Gasteiger partial charge in [-0.2, -0.15) is 0 Å². The Bertz CT molecular complexity index is 551. The van der Waals surface area contributed by atoms with Crippen LogP contribution in [0.5, 0.6) is 11.5 Å². The molecule has 2 aromatic rings. The minimum atomic E-state index is 0.408. The Morgan fingerprint density at radius 3 is 2.80 bits per heavy atom. The van der Waals surface area contributed by atoms with E-state index in [1.807, 2.05) is 12.1 Å². The van der Waals surface area contributed by atoms with Crippen molar-refractivity contribution < 1.29 is 9.47 Å². The maximum atomic E-state index is 5.70. The summed E-state index contributed by atoms with van der Waals surface area (Å²) in [6.07, 6.45) is 1.80. The fraction of sp³-hybridized carbons (Fsp3) is 0.533. The van der Waals surface area contributed by atoms with E-state index in [1.54, 1.807) is 0 Å². The summed E-state index contributed by atoms with van der Waals surface area (Å²) < 4.78 is 11.4. The van der Waals surface area contributed by atoms with E-state index in [0.29, 0.717) is 19.3 Å². The highest BCUT2D eigenvalue weighted by atomic mass is 16.5. The molecule has 1 aromatic heterocycles. The lowest BCUT2D eigenvalue weighted by Gasteiger charge is -2.09. The second-order valence-electron chi connectivity index (χ2n) is 5.21. The number of imidazole rings is 1. The van der Waals surface area contributed by atoms with Crippen molar-refractivity contribution in [2.75, 3.05) is 19.8 Å². The number of fused-ring (bicyclic) bond motifs is 2. The monoisotopic (exact) mass is 275 g/mol. The van der Waals surface area contributed by atoms with Crippen LogP contribution in [0.3, 0.4) is 0 Å². The van der Waals surface area contributed by atoms with Gasteiger partial charge in [-0.25, -0.2) is 4.98 Å². The Morgan fingerprint density at radius 2 is 2.05 bits per heavy atom. The first-order valence-electron chi connectivity index (χ1n) is 7.28. The Kier molecular flexibility index (Phi) is 3.78.